The Morgan fingerprint density at radius 1 is 0.365 bits per heavy atom. The second kappa shape index (κ2) is 17.9. The Balaban J connectivity index is 1.40. The second-order valence-electron chi connectivity index (χ2n) is 13.0. The molecule has 304 valence electrons. The third kappa shape index (κ3) is 8.41. The molecule has 5 aliphatic heterocycles. The zero-order chi connectivity index (χ0) is 38.2. The summed E-state index contributed by atoms with van der Waals surface area (Å²) in [4.78, 5) is 0. The molecule has 0 radical (unpaired) electrons. The molecule has 0 aromatic carbocycles. The normalized spacial score (nSPS) is 53.2. The zero-order valence-corrected chi connectivity index (χ0v) is 27.2. The number of aliphatic hydroxyl groups is 15. The number of rotatable bonds is 12. The summed E-state index contributed by atoms with van der Waals surface area (Å²) in [6.45, 7) is -4.00. The smallest absolute Gasteiger partial charge is 0.187 e. The predicted molar refractivity (Wildman–Crippen MR) is 155 cm³/mol. The van der Waals surface area contributed by atoms with Crippen LogP contribution in [-0.4, -0.2) is 251 Å². The number of aliphatic hydroxyl groups excluding tert-OH is 15. The summed E-state index contributed by atoms with van der Waals surface area (Å²) < 4.78 is 49.6. The lowest BCUT2D eigenvalue weighted by atomic mass is 9.95. The van der Waals surface area contributed by atoms with Crippen LogP contribution in [0.5, 0.6) is 0 Å². The average molecular weight is 769 g/mol. The van der Waals surface area contributed by atoms with Crippen molar-refractivity contribution in [3.63, 3.8) is 0 Å². The number of hydrogen-bond donors (Lipinski definition) is 15. The van der Waals surface area contributed by atoms with Crippen LogP contribution in [0.25, 0.3) is 0 Å². The van der Waals surface area contributed by atoms with Crippen molar-refractivity contribution in [3.05, 3.63) is 0 Å². The van der Waals surface area contributed by atoms with Gasteiger partial charge in [0.1, 0.15) is 110 Å². The zero-order valence-electron chi connectivity index (χ0n) is 27.2. The van der Waals surface area contributed by atoms with Crippen LogP contribution in [0.3, 0.4) is 0 Å². The topological polar surface area (TPSA) is 387 Å². The lowest BCUT2D eigenvalue weighted by Crippen LogP contribution is -2.68. The van der Waals surface area contributed by atoms with E-state index in [1.807, 2.05) is 0 Å². The van der Waals surface area contributed by atoms with Crippen molar-refractivity contribution in [3.8, 4) is 0 Å². The van der Waals surface area contributed by atoms with E-state index < -0.39 is 174 Å². The van der Waals surface area contributed by atoms with Crippen molar-refractivity contribution in [2.75, 3.05) is 33.0 Å². The Kier molecular flexibility index (Phi) is 14.5. The molecule has 52 heavy (non-hydrogen) atoms. The predicted octanol–water partition coefficient (Wildman–Crippen LogP) is -10.6. The third-order valence-electron chi connectivity index (χ3n) is 9.57. The molecule has 5 saturated heterocycles. The molecule has 24 heteroatoms. The molecule has 23 atom stereocenters. The summed E-state index contributed by atoms with van der Waals surface area (Å²) in [7, 11) is 0. The molecule has 5 fully saturated rings. The summed E-state index contributed by atoms with van der Waals surface area (Å²) in [5, 5.41) is 155. The Labute approximate surface area is 293 Å². The van der Waals surface area contributed by atoms with Gasteiger partial charge in [-0.2, -0.15) is 0 Å². The number of hydrogen-bond acceptors (Lipinski definition) is 24. The van der Waals surface area contributed by atoms with E-state index in [4.69, 9.17) is 42.6 Å². The quantitative estimate of drug-likeness (QED) is 0.0876. The van der Waals surface area contributed by atoms with E-state index in [1.165, 1.54) is 0 Å². The van der Waals surface area contributed by atoms with Gasteiger partial charge in [0.2, 0.25) is 0 Å². The Morgan fingerprint density at radius 2 is 0.788 bits per heavy atom. The van der Waals surface area contributed by atoms with E-state index in [2.05, 4.69) is 0 Å². The Hall–Kier alpha value is -0.960. The summed E-state index contributed by atoms with van der Waals surface area (Å²) in [6.07, 6.45) is -41.1. The fourth-order valence-electron chi connectivity index (χ4n) is 6.54. The molecule has 5 aliphatic rings. The third-order valence-corrected chi connectivity index (χ3v) is 9.57. The fourth-order valence-corrected chi connectivity index (χ4v) is 6.54. The largest absolute Gasteiger partial charge is 0.394 e. The Bertz CT molecular complexity index is 1110. The molecule has 0 bridgehead atoms. The van der Waals surface area contributed by atoms with E-state index in [9.17, 15) is 76.6 Å². The van der Waals surface area contributed by atoms with Gasteiger partial charge in [0, 0.05) is 0 Å². The first kappa shape index (κ1) is 42.2. The molecule has 24 nitrogen and oxygen atoms in total. The molecule has 0 spiro atoms. The fraction of sp³-hybridized carbons (Fsp3) is 1.00. The highest BCUT2D eigenvalue weighted by atomic mass is 16.8. The van der Waals surface area contributed by atoms with Crippen molar-refractivity contribution in [1.82, 2.24) is 0 Å². The van der Waals surface area contributed by atoms with Crippen LogP contribution in [-0.2, 0) is 42.6 Å². The van der Waals surface area contributed by atoms with Crippen molar-refractivity contribution in [1.29, 1.82) is 0 Å². The molecule has 0 amide bonds. The minimum Gasteiger partial charge on any atom is -0.394 e. The molecule has 0 saturated carbocycles. The van der Waals surface area contributed by atoms with Crippen LogP contribution in [0, 0.1) is 0 Å². The molecule has 5 rings (SSSR count). The van der Waals surface area contributed by atoms with E-state index in [1.54, 1.807) is 0 Å². The average Bonchev–Trinajstić information content (AvgIpc) is 3.40. The first-order valence-electron chi connectivity index (χ1n) is 16.4. The van der Waals surface area contributed by atoms with E-state index in [0.717, 1.165) is 0 Å². The highest BCUT2D eigenvalue weighted by Crippen LogP contribution is 2.36. The molecule has 15 N–H and O–H groups in total. The highest BCUT2D eigenvalue weighted by molar-refractivity contribution is 4.98. The lowest BCUT2D eigenvalue weighted by molar-refractivity contribution is -0.397. The minimum absolute atomic E-state index is 0.598. The van der Waals surface area contributed by atoms with E-state index in [0.29, 0.717) is 0 Å². The van der Waals surface area contributed by atoms with Crippen molar-refractivity contribution in [2.45, 2.75) is 141 Å². The van der Waals surface area contributed by atoms with Crippen molar-refractivity contribution in [2.24, 2.45) is 0 Å². The van der Waals surface area contributed by atoms with Gasteiger partial charge in [-0.25, -0.2) is 0 Å². The van der Waals surface area contributed by atoms with Crippen LogP contribution in [0.15, 0.2) is 0 Å². The molecule has 0 aromatic rings. The number of ether oxygens (including phenoxy) is 9. The highest BCUT2D eigenvalue weighted by Gasteiger charge is 2.56. The second-order valence-corrected chi connectivity index (χ2v) is 13.0. The van der Waals surface area contributed by atoms with Crippen LogP contribution >= 0.6 is 0 Å². The molecular weight excluding hydrogens is 720 g/mol. The summed E-state index contributed by atoms with van der Waals surface area (Å²) in [5.74, 6) is 0. The first-order chi connectivity index (χ1) is 24.7. The van der Waals surface area contributed by atoms with Gasteiger partial charge in [-0.15, -0.1) is 0 Å². The van der Waals surface area contributed by atoms with Crippen molar-refractivity contribution >= 4 is 0 Å². The van der Waals surface area contributed by atoms with Gasteiger partial charge in [-0.3, -0.25) is 0 Å². The SMILES string of the molecule is OC[C@@H]1OC(O[C@H]2[C@@H](O)COC(O[C@@H]3[C@H](OC4O[C@H](CO)[C@H](O)[C@H](O)[C@H]4O)[C@@H](O)C(O[C@H]4[C@@H](O)[C@@H](CO)OC(O)[C@@H]4O)O[C@@H]3CO)[C@@H]2O)[C@H](O)[C@H]1O. The monoisotopic (exact) mass is 768 g/mol. The summed E-state index contributed by atoms with van der Waals surface area (Å²) in [5.41, 5.74) is 0. The molecule has 0 aromatic heterocycles. The van der Waals surface area contributed by atoms with Gasteiger partial charge in [0.25, 0.3) is 0 Å². The lowest BCUT2D eigenvalue weighted by Gasteiger charge is -2.50. The van der Waals surface area contributed by atoms with Gasteiger partial charge in [-0.05, 0) is 0 Å². The summed E-state index contributed by atoms with van der Waals surface area (Å²) in [6, 6.07) is 0. The summed E-state index contributed by atoms with van der Waals surface area (Å²) >= 11 is 0. The van der Waals surface area contributed by atoms with Gasteiger partial charge < -0.3 is 119 Å². The van der Waals surface area contributed by atoms with Crippen LogP contribution in [0.1, 0.15) is 0 Å². The van der Waals surface area contributed by atoms with Crippen molar-refractivity contribution < 1.29 is 119 Å². The van der Waals surface area contributed by atoms with Gasteiger partial charge in [0.15, 0.2) is 31.5 Å². The minimum atomic E-state index is -2.13. The standard InChI is InChI=1S/C28H48O24/c29-1-7-11(34)14(37)16(39)27(46-7)52-23-19(42)28(51-22-13(36)9(3-31)45-24(43)17(22)40)48-10(4-32)21(23)50-25-18(41)20(6(33)5-44-25)49-26-15(38)12(35)8(2-30)47-26/h6-43H,1-5H2/t6-,7+,8-,9+,10+,11-,12-,13-,14-,15+,16+,17+,18+,19+,20-,21-,22-,23+,24?,25?,26?,27?,28?/m0/s1. The molecule has 0 aliphatic carbocycles. The Morgan fingerprint density at radius 3 is 1.37 bits per heavy atom. The maximum Gasteiger partial charge on any atom is 0.187 e. The van der Waals surface area contributed by atoms with Gasteiger partial charge >= 0.3 is 0 Å². The van der Waals surface area contributed by atoms with E-state index in [-0.39, 0.29) is 0 Å². The van der Waals surface area contributed by atoms with Gasteiger partial charge in [0.05, 0.1) is 33.0 Å². The first-order valence-corrected chi connectivity index (χ1v) is 16.4. The van der Waals surface area contributed by atoms with Gasteiger partial charge in [-0.1, -0.05) is 0 Å². The maximum absolute atomic E-state index is 11.5. The van der Waals surface area contributed by atoms with Crippen LogP contribution < -0.4 is 0 Å². The molecule has 5 unspecified atom stereocenters. The van der Waals surface area contributed by atoms with Crippen LogP contribution in [0.2, 0.25) is 0 Å². The molecular formula is C28H48O24. The molecule has 5 heterocycles. The van der Waals surface area contributed by atoms with Crippen LogP contribution in [0.4, 0.5) is 0 Å². The van der Waals surface area contributed by atoms with E-state index >= 15 is 0 Å². The maximum atomic E-state index is 11.5.